The summed E-state index contributed by atoms with van der Waals surface area (Å²) in [4.78, 5) is 11.0. The minimum absolute atomic E-state index is 0.0145. The average molecular weight is 488 g/mol. The number of rotatable bonds is 8. The van der Waals surface area contributed by atoms with Gasteiger partial charge in [0.2, 0.25) is 0 Å². The van der Waals surface area contributed by atoms with Gasteiger partial charge in [-0.3, -0.25) is 0 Å². The van der Waals surface area contributed by atoms with Crippen molar-refractivity contribution in [1.29, 1.82) is 5.26 Å². The Balaban J connectivity index is 1.90. The summed E-state index contributed by atoms with van der Waals surface area (Å²) in [6.45, 7) is -0.448. The second-order valence-electron chi connectivity index (χ2n) is 7.27. The number of nitriles is 1. The van der Waals surface area contributed by atoms with Crippen LogP contribution in [0.25, 0.3) is 11.1 Å². The first kappa shape index (κ1) is 25.0. The summed E-state index contributed by atoms with van der Waals surface area (Å²) in [6.07, 6.45) is -4.54. The molecule has 3 aromatic carbocycles. The highest BCUT2D eigenvalue weighted by Crippen LogP contribution is 2.33. The third-order valence-electron chi connectivity index (χ3n) is 4.75. The van der Waals surface area contributed by atoms with Crippen LogP contribution >= 0.6 is 0 Å². The third-order valence-corrected chi connectivity index (χ3v) is 6.10. The van der Waals surface area contributed by atoms with Crippen molar-refractivity contribution in [2.45, 2.75) is 17.6 Å². The van der Waals surface area contributed by atoms with Crippen LogP contribution in [0.4, 0.5) is 13.2 Å². The van der Waals surface area contributed by atoms with Crippen molar-refractivity contribution < 1.29 is 32.0 Å². The van der Waals surface area contributed by atoms with E-state index in [2.05, 4.69) is 0 Å². The normalized spacial score (nSPS) is 12.2. The fourth-order valence-corrected chi connectivity index (χ4v) is 4.25. The molecule has 0 amide bonds. The summed E-state index contributed by atoms with van der Waals surface area (Å²) in [6, 6.07) is 17.9. The zero-order chi connectivity index (χ0) is 24.9. The Morgan fingerprint density at radius 2 is 1.85 bits per heavy atom. The molecule has 0 aromatic heterocycles. The molecule has 176 valence electrons. The largest absolute Gasteiger partial charge is 0.481 e. The molecule has 3 rings (SSSR count). The van der Waals surface area contributed by atoms with E-state index in [9.17, 15) is 27.4 Å². The predicted octanol–water partition coefficient (Wildman–Crippen LogP) is 4.86. The summed E-state index contributed by atoms with van der Waals surface area (Å²) in [5.41, 5.74) is 1.31. The average Bonchev–Trinajstić information content (AvgIpc) is 2.82. The lowest BCUT2D eigenvalue weighted by Crippen LogP contribution is -2.21. The van der Waals surface area contributed by atoms with Crippen LogP contribution in [0.3, 0.4) is 0 Å². The molecule has 0 radical (unpaired) electrons. The van der Waals surface area contributed by atoms with Gasteiger partial charge in [-0.25, -0.2) is 13.3 Å². The number of carboxylic acid groups (broad SMARTS) is 1. The Morgan fingerprint density at radius 3 is 2.53 bits per heavy atom. The molecule has 0 fully saturated rings. The zero-order valence-electron chi connectivity index (χ0n) is 17.9. The summed E-state index contributed by atoms with van der Waals surface area (Å²) >= 11 is 0. The lowest BCUT2D eigenvalue weighted by atomic mass is 10.00. The van der Waals surface area contributed by atoms with Gasteiger partial charge >= 0.3 is 12.1 Å². The smallest absolute Gasteiger partial charge is 0.416 e. The Hall–Kier alpha value is -3.68. The standard InChI is InChI=1S/C24H19F3N2O4S/c1-29(34(32)20-7-3-6-19(12-20)24(25,26)27)14-17-8-9-22(33-15-23(30)31)21(11-17)18-5-2-4-16(10-18)13-28/h2-12H,14-15H2,1H3,(H,30,31). The summed E-state index contributed by atoms with van der Waals surface area (Å²) in [5.74, 6) is -0.875. The number of carbonyl (C=O) groups is 1. The van der Waals surface area contributed by atoms with Crippen molar-refractivity contribution in [3.63, 3.8) is 0 Å². The zero-order valence-corrected chi connectivity index (χ0v) is 18.7. The van der Waals surface area contributed by atoms with Crippen LogP contribution < -0.4 is 4.74 Å². The number of hydrogen-bond acceptors (Lipinski definition) is 4. The first-order chi connectivity index (χ1) is 16.1. The molecule has 34 heavy (non-hydrogen) atoms. The predicted molar refractivity (Wildman–Crippen MR) is 119 cm³/mol. The third kappa shape index (κ3) is 6.21. The molecule has 10 heteroatoms. The SMILES string of the molecule is CN(Cc1ccc(OCC(=O)O)c(-c2cccc(C#N)c2)c1)S(=O)c1cccc(C(F)(F)F)c1. The molecular formula is C24H19F3N2O4S. The van der Waals surface area contributed by atoms with E-state index in [0.29, 0.717) is 22.3 Å². The second kappa shape index (κ2) is 10.5. The van der Waals surface area contributed by atoms with Gasteiger partial charge in [-0.05, 0) is 53.6 Å². The van der Waals surface area contributed by atoms with E-state index >= 15 is 0 Å². The minimum Gasteiger partial charge on any atom is -0.481 e. The van der Waals surface area contributed by atoms with E-state index in [1.165, 1.54) is 23.5 Å². The van der Waals surface area contributed by atoms with Crippen molar-refractivity contribution >= 4 is 17.0 Å². The summed E-state index contributed by atoms with van der Waals surface area (Å²) in [7, 11) is -0.348. The van der Waals surface area contributed by atoms with Crippen LogP contribution in [0.2, 0.25) is 0 Å². The van der Waals surface area contributed by atoms with Gasteiger partial charge in [0.15, 0.2) is 6.61 Å². The van der Waals surface area contributed by atoms with Crippen LogP contribution in [-0.4, -0.2) is 33.2 Å². The number of carboxylic acids is 1. The molecule has 1 N–H and O–H groups in total. The van der Waals surface area contributed by atoms with Gasteiger partial charge in [0.1, 0.15) is 16.7 Å². The Morgan fingerprint density at radius 1 is 1.12 bits per heavy atom. The van der Waals surface area contributed by atoms with Gasteiger partial charge in [0, 0.05) is 19.2 Å². The molecule has 6 nitrogen and oxygen atoms in total. The molecule has 0 bridgehead atoms. The van der Waals surface area contributed by atoms with Gasteiger partial charge in [0.25, 0.3) is 0 Å². The summed E-state index contributed by atoms with van der Waals surface area (Å²) < 4.78 is 58.7. The van der Waals surface area contributed by atoms with Crippen molar-refractivity contribution in [2.75, 3.05) is 13.7 Å². The fraction of sp³-hybridized carbons (Fsp3) is 0.167. The number of hydrogen-bond donors (Lipinski definition) is 1. The molecule has 0 aliphatic carbocycles. The topological polar surface area (TPSA) is 90.6 Å². The molecular weight excluding hydrogens is 469 g/mol. The van der Waals surface area contributed by atoms with Crippen molar-refractivity contribution in [3.8, 4) is 22.9 Å². The van der Waals surface area contributed by atoms with E-state index in [4.69, 9.17) is 9.84 Å². The Labute approximate surface area is 196 Å². The lowest BCUT2D eigenvalue weighted by molar-refractivity contribution is -0.139. The van der Waals surface area contributed by atoms with Gasteiger partial charge < -0.3 is 9.84 Å². The molecule has 1 unspecified atom stereocenters. The van der Waals surface area contributed by atoms with Crippen molar-refractivity contribution in [2.24, 2.45) is 0 Å². The van der Waals surface area contributed by atoms with Crippen LogP contribution in [0.1, 0.15) is 16.7 Å². The van der Waals surface area contributed by atoms with Gasteiger partial charge in [-0.1, -0.05) is 24.3 Å². The molecule has 0 saturated heterocycles. The maximum absolute atomic E-state index is 13.0. The first-order valence-corrected chi connectivity index (χ1v) is 11.0. The highest BCUT2D eigenvalue weighted by Gasteiger charge is 2.31. The minimum atomic E-state index is -4.54. The van der Waals surface area contributed by atoms with Crippen molar-refractivity contribution in [3.05, 3.63) is 83.4 Å². The lowest BCUT2D eigenvalue weighted by Gasteiger charge is -2.18. The molecule has 0 saturated carbocycles. The maximum atomic E-state index is 13.0. The van der Waals surface area contributed by atoms with E-state index in [-0.39, 0.29) is 17.2 Å². The number of nitrogens with zero attached hydrogens (tertiary/aromatic N) is 2. The number of alkyl halides is 3. The molecule has 3 aromatic rings. The Kier molecular flexibility index (Phi) is 7.71. The number of ether oxygens (including phenoxy) is 1. The first-order valence-electron chi connectivity index (χ1n) is 9.87. The monoisotopic (exact) mass is 488 g/mol. The van der Waals surface area contributed by atoms with Crippen LogP contribution in [0.15, 0.2) is 71.6 Å². The number of benzene rings is 3. The molecule has 0 heterocycles. The quantitative estimate of drug-likeness (QED) is 0.489. The molecule has 0 aliphatic rings. The van der Waals surface area contributed by atoms with E-state index in [1.807, 2.05) is 6.07 Å². The fourth-order valence-electron chi connectivity index (χ4n) is 3.20. The van der Waals surface area contributed by atoms with E-state index in [0.717, 1.165) is 12.1 Å². The summed E-state index contributed by atoms with van der Waals surface area (Å²) in [5, 5.41) is 18.1. The van der Waals surface area contributed by atoms with Crippen molar-refractivity contribution in [1.82, 2.24) is 4.31 Å². The van der Waals surface area contributed by atoms with Gasteiger partial charge in [-0.2, -0.15) is 18.4 Å². The highest BCUT2D eigenvalue weighted by atomic mass is 32.2. The molecule has 0 aliphatic heterocycles. The van der Waals surface area contributed by atoms with Crippen LogP contribution in [-0.2, 0) is 28.5 Å². The second-order valence-corrected chi connectivity index (χ2v) is 8.86. The van der Waals surface area contributed by atoms with Crippen LogP contribution in [0, 0.1) is 11.3 Å². The van der Waals surface area contributed by atoms with Gasteiger partial charge in [-0.15, -0.1) is 0 Å². The van der Waals surface area contributed by atoms with Crippen LogP contribution in [0.5, 0.6) is 5.75 Å². The highest BCUT2D eigenvalue weighted by molar-refractivity contribution is 7.82. The maximum Gasteiger partial charge on any atom is 0.416 e. The molecule has 0 spiro atoms. The van der Waals surface area contributed by atoms with E-state index in [1.54, 1.807) is 42.5 Å². The number of aliphatic carboxylic acids is 1. The Bertz CT molecular complexity index is 1270. The van der Waals surface area contributed by atoms with Gasteiger partial charge in [0.05, 0.1) is 22.1 Å². The van der Waals surface area contributed by atoms with E-state index < -0.39 is 35.3 Å². The number of halogens is 3. The molecule has 1 atom stereocenters.